The minimum atomic E-state index is -4.32. The number of alkyl halides is 3. The Labute approximate surface area is 202 Å². The highest BCUT2D eigenvalue weighted by molar-refractivity contribution is 14.0. The molecule has 2 aromatic rings. The Bertz CT molecular complexity index is 857. The van der Waals surface area contributed by atoms with Gasteiger partial charge in [0.1, 0.15) is 6.61 Å². The van der Waals surface area contributed by atoms with Crippen molar-refractivity contribution in [3.63, 3.8) is 0 Å². The normalized spacial score (nSPS) is 11.5. The van der Waals surface area contributed by atoms with Crippen LogP contribution in [0.5, 0.6) is 0 Å². The number of benzene rings is 2. The largest absolute Gasteiger partial charge is 0.465 e. The fourth-order valence-corrected chi connectivity index (χ4v) is 2.60. The third-order valence-corrected chi connectivity index (χ3v) is 4.16. The van der Waals surface area contributed by atoms with E-state index in [-0.39, 0.29) is 36.6 Å². The second-order valence-electron chi connectivity index (χ2n) is 6.66. The van der Waals surface area contributed by atoms with Gasteiger partial charge in [-0.15, -0.1) is 24.0 Å². The zero-order valence-corrected chi connectivity index (χ0v) is 20.2. The van der Waals surface area contributed by atoms with Crippen LogP contribution < -0.4 is 10.6 Å². The zero-order valence-electron chi connectivity index (χ0n) is 17.9. The van der Waals surface area contributed by atoms with Gasteiger partial charge < -0.3 is 20.1 Å². The van der Waals surface area contributed by atoms with Gasteiger partial charge in [-0.2, -0.15) is 13.2 Å². The summed E-state index contributed by atoms with van der Waals surface area (Å²) in [6, 6.07) is 14.1. The average Bonchev–Trinajstić information content (AvgIpc) is 2.75. The summed E-state index contributed by atoms with van der Waals surface area (Å²) in [5.41, 5.74) is 3.04. The molecule has 0 aliphatic rings. The molecular formula is C22H27F3IN3O3. The number of esters is 1. The molecule has 0 saturated heterocycles. The Kier molecular flexibility index (Phi) is 12.1. The first-order valence-corrected chi connectivity index (χ1v) is 9.72. The number of guanidine groups is 1. The van der Waals surface area contributed by atoms with Gasteiger partial charge in [0.05, 0.1) is 25.8 Å². The molecule has 0 atom stereocenters. The van der Waals surface area contributed by atoms with E-state index in [0.717, 1.165) is 11.1 Å². The van der Waals surface area contributed by atoms with Crippen LogP contribution in [0.3, 0.4) is 0 Å². The summed E-state index contributed by atoms with van der Waals surface area (Å²) in [5.74, 6) is 0.236. The van der Waals surface area contributed by atoms with Crippen LogP contribution >= 0.6 is 24.0 Å². The summed E-state index contributed by atoms with van der Waals surface area (Å²) in [4.78, 5) is 16.0. The molecule has 0 radical (unpaired) electrons. The van der Waals surface area contributed by atoms with Gasteiger partial charge in [0.2, 0.25) is 0 Å². The van der Waals surface area contributed by atoms with Crippen LogP contribution in [0.25, 0.3) is 0 Å². The molecule has 0 spiro atoms. The Morgan fingerprint density at radius 3 is 2.12 bits per heavy atom. The van der Waals surface area contributed by atoms with Crippen molar-refractivity contribution in [3.05, 3.63) is 70.8 Å². The van der Waals surface area contributed by atoms with E-state index in [1.54, 1.807) is 24.3 Å². The molecule has 32 heavy (non-hydrogen) atoms. The van der Waals surface area contributed by atoms with E-state index in [4.69, 9.17) is 0 Å². The highest BCUT2D eigenvalue weighted by atomic mass is 127. The number of ether oxygens (including phenoxy) is 2. The summed E-state index contributed by atoms with van der Waals surface area (Å²) in [6.45, 7) is 2.21. The molecule has 2 rings (SSSR count). The first kappa shape index (κ1) is 27.7. The number of carbonyl (C=O) groups excluding carboxylic acids is 1. The van der Waals surface area contributed by atoms with Gasteiger partial charge in [-0.3, -0.25) is 0 Å². The standard InChI is InChI=1S/C22H26F3N3O3.HI/c1-3-26-21(28-13-17-8-10-19(11-9-17)20(29)30-2)27-12-16-4-6-18(7-5-16)14-31-15-22(23,24)25;/h4-11H,3,12-15H2,1-2H3,(H2,26,27,28);1H. The van der Waals surface area contributed by atoms with Crippen LogP contribution in [0, 0.1) is 0 Å². The van der Waals surface area contributed by atoms with Gasteiger partial charge in [0.25, 0.3) is 0 Å². The Hall–Kier alpha value is -2.34. The number of carbonyl (C=O) groups is 1. The summed E-state index contributed by atoms with van der Waals surface area (Å²) in [7, 11) is 1.34. The highest BCUT2D eigenvalue weighted by Gasteiger charge is 2.27. The molecule has 0 aliphatic heterocycles. The maximum absolute atomic E-state index is 12.1. The number of nitrogens with zero attached hydrogens (tertiary/aromatic N) is 1. The summed E-state index contributed by atoms with van der Waals surface area (Å²) in [6.07, 6.45) is -4.32. The van der Waals surface area contributed by atoms with Gasteiger partial charge in [-0.05, 0) is 35.7 Å². The second-order valence-corrected chi connectivity index (χ2v) is 6.66. The molecule has 0 fully saturated rings. The molecule has 0 aliphatic carbocycles. The van der Waals surface area contributed by atoms with E-state index in [1.165, 1.54) is 7.11 Å². The summed E-state index contributed by atoms with van der Waals surface area (Å²) >= 11 is 0. The van der Waals surface area contributed by atoms with Gasteiger partial charge in [-0.25, -0.2) is 9.79 Å². The Morgan fingerprint density at radius 1 is 0.969 bits per heavy atom. The molecule has 0 saturated carbocycles. The SMILES string of the molecule is CCNC(=NCc1ccc(C(=O)OC)cc1)NCc1ccc(COCC(F)(F)F)cc1.I. The topological polar surface area (TPSA) is 72.0 Å². The lowest BCUT2D eigenvalue weighted by Crippen LogP contribution is -2.36. The third-order valence-electron chi connectivity index (χ3n) is 4.16. The smallest absolute Gasteiger partial charge is 0.411 e. The van der Waals surface area contributed by atoms with Crippen molar-refractivity contribution in [1.82, 2.24) is 10.6 Å². The van der Waals surface area contributed by atoms with E-state index >= 15 is 0 Å². The summed E-state index contributed by atoms with van der Waals surface area (Å²) in [5, 5.41) is 6.37. The molecule has 0 bridgehead atoms. The molecular weight excluding hydrogens is 538 g/mol. The number of rotatable bonds is 9. The minimum absolute atomic E-state index is 0. The van der Waals surface area contributed by atoms with Crippen molar-refractivity contribution < 1.29 is 27.4 Å². The molecule has 0 amide bonds. The molecule has 10 heteroatoms. The number of halogens is 4. The fraction of sp³-hybridized carbons (Fsp3) is 0.364. The third kappa shape index (κ3) is 10.3. The van der Waals surface area contributed by atoms with E-state index in [2.05, 4.69) is 25.1 Å². The summed E-state index contributed by atoms with van der Waals surface area (Å²) < 4.78 is 45.7. The molecule has 2 aromatic carbocycles. The van der Waals surface area contributed by atoms with Crippen molar-refractivity contribution in [2.24, 2.45) is 4.99 Å². The molecule has 0 aromatic heterocycles. The number of aliphatic imine (C=N–C) groups is 1. The highest BCUT2D eigenvalue weighted by Crippen LogP contribution is 2.16. The van der Waals surface area contributed by atoms with Crippen LogP contribution in [0.1, 0.15) is 34.0 Å². The number of nitrogens with one attached hydrogen (secondary N) is 2. The van der Waals surface area contributed by atoms with Crippen LogP contribution in [0.2, 0.25) is 0 Å². The molecule has 0 heterocycles. The lowest BCUT2D eigenvalue weighted by Gasteiger charge is -2.12. The molecule has 176 valence electrons. The number of hydrogen-bond donors (Lipinski definition) is 2. The van der Waals surface area contributed by atoms with E-state index in [0.29, 0.717) is 36.7 Å². The first-order chi connectivity index (χ1) is 14.8. The van der Waals surface area contributed by atoms with Crippen molar-refractivity contribution in [2.75, 3.05) is 20.3 Å². The lowest BCUT2D eigenvalue weighted by atomic mass is 10.1. The van der Waals surface area contributed by atoms with Crippen molar-refractivity contribution in [1.29, 1.82) is 0 Å². The Balaban J connectivity index is 0.00000512. The minimum Gasteiger partial charge on any atom is -0.465 e. The van der Waals surface area contributed by atoms with E-state index in [9.17, 15) is 18.0 Å². The molecule has 2 N–H and O–H groups in total. The predicted molar refractivity (Wildman–Crippen MR) is 127 cm³/mol. The maximum atomic E-state index is 12.1. The lowest BCUT2D eigenvalue weighted by molar-refractivity contribution is -0.176. The zero-order chi connectivity index (χ0) is 22.7. The molecule has 0 unspecified atom stereocenters. The van der Waals surface area contributed by atoms with Gasteiger partial charge >= 0.3 is 12.1 Å². The van der Waals surface area contributed by atoms with Crippen molar-refractivity contribution >= 4 is 35.9 Å². The van der Waals surface area contributed by atoms with Crippen LogP contribution in [-0.4, -0.2) is 38.4 Å². The van der Waals surface area contributed by atoms with Crippen LogP contribution in [-0.2, 0) is 29.2 Å². The van der Waals surface area contributed by atoms with Gasteiger partial charge in [0, 0.05) is 13.1 Å². The predicted octanol–water partition coefficient (Wildman–Crippen LogP) is 4.43. The monoisotopic (exact) mass is 565 g/mol. The van der Waals surface area contributed by atoms with Crippen LogP contribution in [0.15, 0.2) is 53.5 Å². The first-order valence-electron chi connectivity index (χ1n) is 9.72. The second kappa shape index (κ2) is 13.9. The maximum Gasteiger partial charge on any atom is 0.411 e. The number of hydrogen-bond acceptors (Lipinski definition) is 4. The van der Waals surface area contributed by atoms with Gasteiger partial charge in [0.15, 0.2) is 5.96 Å². The molecule has 6 nitrogen and oxygen atoms in total. The van der Waals surface area contributed by atoms with Crippen molar-refractivity contribution in [2.45, 2.75) is 32.8 Å². The van der Waals surface area contributed by atoms with E-state index < -0.39 is 12.8 Å². The quantitative estimate of drug-likeness (QED) is 0.204. The van der Waals surface area contributed by atoms with Crippen molar-refractivity contribution in [3.8, 4) is 0 Å². The van der Waals surface area contributed by atoms with Crippen LogP contribution in [0.4, 0.5) is 13.2 Å². The number of methoxy groups -OCH3 is 1. The van der Waals surface area contributed by atoms with Gasteiger partial charge in [-0.1, -0.05) is 36.4 Å². The van der Waals surface area contributed by atoms with E-state index in [1.807, 2.05) is 31.2 Å². The Morgan fingerprint density at radius 2 is 1.56 bits per heavy atom. The average molecular weight is 565 g/mol. The fourth-order valence-electron chi connectivity index (χ4n) is 2.60.